The molecule has 0 saturated carbocycles. The number of hydrogen-bond donors (Lipinski definition) is 2. The van der Waals surface area contributed by atoms with Crippen LogP contribution >= 0.6 is 23.2 Å². The fourth-order valence-corrected chi connectivity index (χ4v) is 2.29. The van der Waals surface area contributed by atoms with Gasteiger partial charge < -0.3 is 9.84 Å². The molecule has 0 aromatic heterocycles. The third kappa shape index (κ3) is 4.88. The lowest BCUT2D eigenvalue weighted by molar-refractivity contribution is -0.127. The molecule has 7 heteroatoms. The molecule has 5 nitrogen and oxygen atoms in total. The minimum Gasteiger partial charge on any atom is -0.508 e. The van der Waals surface area contributed by atoms with Crippen molar-refractivity contribution in [3.05, 3.63) is 58.1 Å². The number of ether oxygens (including phenoxy) is 1. The predicted octanol–water partition coefficient (Wildman–Crippen LogP) is 4.01. The van der Waals surface area contributed by atoms with E-state index in [1.807, 2.05) is 0 Å². The Labute approximate surface area is 149 Å². The van der Waals surface area contributed by atoms with Crippen LogP contribution in [0.2, 0.25) is 10.0 Å². The van der Waals surface area contributed by atoms with E-state index in [4.69, 9.17) is 27.9 Å². The van der Waals surface area contributed by atoms with E-state index in [2.05, 4.69) is 10.5 Å². The summed E-state index contributed by atoms with van der Waals surface area (Å²) in [4.78, 5) is 12.1. The van der Waals surface area contributed by atoms with Crippen LogP contribution in [0, 0.1) is 0 Å². The van der Waals surface area contributed by atoms with Crippen molar-refractivity contribution in [2.45, 2.75) is 20.0 Å². The van der Waals surface area contributed by atoms with E-state index in [0.29, 0.717) is 27.1 Å². The first kappa shape index (κ1) is 18.1. The van der Waals surface area contributed by atoms with Crippen LogP contribution < -0.4 is 10.2 Å². The predicted molar refractivity (Wildman–Crippen MR) is 95.0 cm³/mol. The fraction of sp³-hybridized carbons (Fsp3) is 0.176. The van der Waals surface area contributed by atoms with Gasteiger partial charge in [-0.15, -0.1) is 0 Å². The van der Waals surface area contributed by atoms with Crippen molar-refractivity contribution in [3.8, 4) is 11.5 Å². The number of hydrogen-bond acceptors (Lipinski definition) is 4. The van der Waals surface area contributed by atoms with Crippen molar-refractivity contribution in [3.63, 3.8) is 0 Å². The Morgan fingerprint density at radius 2 is 2.00 bits per heavy atom. The van der Waals surface area contributed by atoms with E-state index in [9.17, 15) is 9.90 Å². The standard InChI is InChI=1S/C17H16Cl2N2O3/c1-10(12-4-3-5-14(22)8-12)20-21-17(23)11(2)24-16-7-6-13(18)9-15(16)19/h3-9,11,22H,1-2H3,(H,21,23)/b20-10-. The molecule has 0 aliphatic heterocycles. The molecule has 126 valence electrons. The van der Waals surface area contributed by atoms with Crippen LogP contribution in [0.4, 0.5) is 0 Å². The smallest absolute Gasteiger partial charge is 0.280 e. The molecule has 24 heavy (non-hydrogen) atoms. The zero-order chi connectivity index (χ0) is 17.7. The highest BCUT2D eigenvalue weighted by molar-refractivity contribution is 6.35. The average molecular weight is 367 g/mol. The monoisotopic (exact) mass is 366 g/mol. The molecule has 0 fully saturated rings. The number of nitrogens with zero attached hydrogens (tertiary/aromatic N) is 1. The van der Waals surface area contributed by atoms with Crippen molar-refractivity contribution >= 4 is 34.8 Å². The molecule has 2 aromatic rings. The highest BCUT2D eigenvalue weighted by Crippen LogP contribution is 2.28. The van der Waals surface area contributed by atoms with Crippen LogP contribution in [0.3, 0.4) is 0 Å². The van der Waals surface area contributed by atoms with Crippen molar-refractivity contribution in [2.75, 3.05) is 0 Å². The van der Waals surface area contributed by atoms with E-state index in [1.165, 1.54) is 6.07 Å². The Morgan fingerprint density at radius 3 is 2.67 bits per heavy atom. The molecule has 0 aliphatic carbocycles. The third-order valence-electron chi connectivity index (χ3n) is 3.16. The van der Waals surface area contributed by atoms with Crippen molar-refractivity contribution < 1.29 is 14.6 Å². The quantitative estimate of drug-likeness (QED) is 0.620. The van der Waals surface area contributed by atoms with E-state index >= 15 is 0 Å². The molecule has 1 amide bonds. The summed E-state index contributed by atoms with van der Waals surface area (Å²) in [6.07, 6.45) is -0.801. The van der Waals surface area contributed by atoms with Crippen LogP contribution in [0.15, 0.2) is 47.6 Å². The van der Waals surface area contributed by atoms with Gasteiger partial charge in [0.2, 0.25) is 0 Å². The average Bonchev–Trinajstić information content (AvgIpc) is 2.54. The number of carbonyl (C=O) groups excluding carboxylic acids is 1. The van der Waals surface area contributed by atoms with Crippen LogP contribution in [0.1, 0.15) is 19.4 Å². The number of halogens is 2. The van der Waals surface area contributed by atoms with Crippen LogP contribution in [-0.2, 0) is 4.79 Å². The molecule has 2 aromatic carbocycles. The SMILES string of the molecule is C/C(=N/NC(=O)C(C)Oc1ccc(Cl)cc1Cl)c1cccc(O)c1. The Bertz CT molecular complexity index is 778. The van der Waals surface area contributed by atoms with E-state index in [-0.39, 0.29) is 5.75 Å². The maximum atomic E-state index is 12.1. The number of rotatable bonds is 5. The summed E-state index contributed by atoms with van der Waals surface area (Å²) in [5.74, 6) is 0.0559. The molecule has 2 N–H and O–H groups in total. The number of carbonyl (C=O) groups is 1. The number of aromatic hydroxyl groups is 1. The lowest BCUT2D eigenvalue weighted by Gasteiger charge is -2.14. The van der Waals surface area contributed by atoms with Gasteiger partial charge in [-0.3, -0.25) is 4.79 Å². The van der Waals surface area contributed by atoms with Crippen LogP contribution in [-0.4, -0.2) is 22.8 Å². The molecule has 0 saturated heterocycles. The molecular formula is C17H16Cl2N2O3. The molecular weight excluding hydrogens is 351 g/mol. The summed E-state index contributed by atoms with van der Waals surface area (Å²) in [5.41, 5.74) is 3.68. The number of phenols is 1. The maximum absolute atomic E-state index is 12.1. The molecule has 1 unspecified atom stereocenters. The van der Waals surface area contributed by atoms with Gasteiger partial charge in [0.05, 0.1) is 10.7 Å². The van der Waals surface area contributed by atoms with Crippen LogP contribution in [0.5, 0.6) is 11.5 Å². The second-order valence-corrected chi connectivity index (χ2v) is 5.90. The second-order valence-electron chi connectivity index (χ2n) is 5.06. The Balaban J connectivity index is 1.99. The molecule has 0 spiro atoms. The zero-order valence-electron chi connectivity index (χ0n) is 13.1. The van der Waals surface area contributed by atoms with Gasteiger partial charge in [-0.25, -0.2) is 5.43 Å². The Morgan fingerprint density at radius 1 is 1.25 bits per heavy atom. The van der Waals surface area contributed by atoms with Gasteiger partial charge in [-0.1, -0.05) is 35.3 Å². The minimum absolute atomic E-state index is 0.127. The molecule has 0 bridgehead atoms. The van der Waals surface area contributed by atoms with E-state index in [0.717, 1.165) is 0 Å². The lowest BCUT2D eigenvalue weighted by atomic mass is 10.1. The van der Waals surface area contributed by atoms with Gasteiger partial charge in [0.1, 0.15) is 11.5 Å². The molecule has 0 aliphatic rings. The Kier molecular flexibility index (Phi) is 6.06. The van der Waals surface area contributed by atoms with Gasteiger partial charge in [-0.2, -0.15) is 5.10 Å². The van der Waals surface area contributed by atoms with Gasteiger partial charge in [-0.05, 0) is 44.2 Å². The van der Waals surface area contributed by atoms with Gasteiger partial charge >= 0.3 is 0 Å². The molecule has 0 radical (unpaired) electrons. The molecule has 2 rings (SSSR count). The van der Waals surface area contributed by atoms with Crippen molar-refractivity contribution in [1.82, 2.24) is 5.43 Å². The summed E-state index contributed by atoms with van der Waals surface area (Å²) < 4.78 is 5.51. The largest absolute Gasteiger partial charge is 0.508 e. The number of phenolic OH excluding ortho intramolecular Hbond substituents is 1. The minimum atomic E-state index is -0.801. The van der Waals surface area contributed by atoms with E-state index < -0.39 is 12.0 Å². The van der Waals surface area contributed by atoms with Crippen LogP contribution in [0.25, 0.3) is 0 Å². The lowest BCUT2D eigenvalue weighted by Crippen LogP contribution is -2.34. The Hall–Kier alpha value is -2.24. The summed E-state index contributed by atoms with van der Waals surface area (Å²) >= 11 is 11.8. The first-order valence-corrected chi connectivity index (χ1v) is 7.87. The summed E-state index contributed by atoms with van der Waals surface area (Å²) in [6, 6.07) is 11.3. The fourth-order valence-electron chi connectivity index (χ4n) is 1.84. The highest BCUT2D eigenvalue weighted by atomic mass is 35.5. The summed E-state index contributed by atoms with van der Waals surface area (Å²) in [7, 11) is 0. The third-order valence-corrected chi connectivity index (χ3v) is 3.70. The molecule has 1 atom stereocenters. The van der Waals surface area contributed by atoms with Gasteiger partial charge in [0, 0.05) is 10.6 Å². The topological polar surface area (TPSA) is 70.9 Å². The van der Waals surface area contributed by atoms with Crippen molar-refractivity contribution in [2.24, 2.45) is 5.10 Å². The number of benzene rings is 2. The van der Waals surface area contributed by atoms with Gasteiger partial charge in [0.25, 0.3) is 5.91 Å². The van der Waals surface area contributed by atoms with E-state index in [1.54, 1.807) is 50.2 Å². The maximum Gasteiger partial charge on any atom is 0.280 e. The van der Waals surface area contributed by atoms with Gasteiger partial charge in [0.15, 0.2) is 6.10 Å². The number of amides is 1. The second kappa shape index (κ2) is 8.04. The summed E-state index contributed by atoms with van der Waals surface area (Å²) in [5, 5.41) is 14.3. The first-order valence-electron chi connectivity index (χ1n) is 7.12. The zero-order valence-corrected chi connectivity index (χ0v) is 14.6. The first-order chi connectivity index (χ1) is 11.4. The number of nitrogens with one attached hydrogen (secondary N) is 1. The summed E-state index contributed by atoms with van der Waals surface area (Å²) in [6.45, 7) is 3.30. The van der Waals surface area contributed by atoms with Crippen molar-refractivity contribution in [1.29, 1.82) is 0 Å². The normalized spacial score (nSPS) is 12.6. The number of hydrazone groups is 1. The highest BCUT2D eigenvalue weighted by Gasteiger charge is 2.16. The molecule has 0 heterocycles.